The number of ether oxygens (including phenoxy) is 1. The van der Waals surface area contributed by atoms with Gasteiger partial charge in [-0.05, 0) is 67.3 Å². The maximum absolute atomic E-state index is 5.84. The zero-order valence-corrected chi connectivity index (χ0v) is 19.9. The maximum Gasteiger partial charge on any atom is 0.119 e. The van der Waals surface area contributed by atoms with Gasteiger partial charge in [0.05, 0.1) is 18.0 Å². The summed E-state index contributed by atoms with van der Waals surface area (Å²) in [6.07, 6.45) is 16.5. The molecule has 0 saturated carbocycles. The topological polar surface area (TPSA) is 35.0 Å². The van der Waals surface area contributed by atoms with Gasteiger partial charge in [-0.2, -0.15) is 0 Å². The third-order valence-electron chi connectivity index (χ3n) is 5.87. The number of unbranched alkanes of at least 4 members (excludes halogenated alkanes) is 7. The summed E-state index contributed by atoms with van der Waals surface area (Å²) in [7, 11) is 0. The van der Waals surface area contributed by atoms with Crippen molar-refractivity contribution in [3.8, 4) is 28.3 Å². The molecule has 0 N–H and O–H groups in total. The highest BCUT2D eigenvalue weighted by Crippen LogP contribution is 2.24. The summed E-state index contributed by atoms with van der Waals surface area (Å²) in [6, 6.07) is 16.7. The van der Waals surface area contributed by atoms with Gasteiger partial charge >= 0.3 is 0 Å². The minimum absolute atomic E-state index is 0.789. The van der Waals surface area contributed by atoms with Gasteiger partial charge in [-0.15, -0.1) is 0 Å². The summed E-state index contributed by atoms with van der Waals surface area (Å²) < 4.78 is 5.84. The first-order valence-electron chi connectivity index (χ1n) is 12.4. The molecular weight excluding hydrogens is 392 g/mol. The summed E-state index contributed by atoms with van der Waals surface area (Å²) in [5, 5.41) is 0. The third-order valence-corrected chi connectivity index (χ3v) is 5.87. The normalized spacial score (nSPS) is 10.9. The van der Waals surface area contributed by atoms with Crippen LogP contribution in [0.2, 0.25) is 0 Å². The van der Waals surface area contributed by atoms with Gasteiger partial charge in [0.25, 0.3) is 0 Å². The van der Waals surface area contributed by atoms with Crippen molar-refractivity contribution in [1.82, 2.24) is 9.97 Å². The average molecular weight is 431 g/mol. The quantitative estimate of drug-likeness (QED) is 0.241. The van der Waals surface area contributed by atoms with Gasteiger partial charge in [0.2, 0.25) is 0 Å². The fourth-order valence-corrected chi connectivity index (χ4v) is 3.83. The van der Waals surface area contributed by atoms with E-state index in [4.69, 9.17) is 4.74 Å². The first-order chi connectivity index (χ1) is 15.8. The van der Waals surface area contributed by atoms with Crippen molar-refractivity contribution in [2.45, 2.75) is 78.1 Å². The van der Waals surface area contributed by atoms with E-state index in [9.17, 15) is 0 Å². The van der Waals surface area contributed by atoms with Crippen LogP contribution in [0.5, 0.6) is 5.75 Å². The average Bonchev–Trinajstić information content (AvgIpc) is 2.85. The number of aryl methyl sites for hydroxylation is 1. The summed E-state index contributed by atoms with van der Waals surface area (Å²) in [5.41, 5.74) is 5.41. The van der Waals surface area contributed by atoms with Crippen LogP contribution >= 0.6 is 0 Å². The zero-order chi connectivity index (χ0) is 22.4. The number of nitrogens with zero attached hydrogens (tertiary/aromatic N) is 2. The molecule has 0 atom stereocenters. The molecule has 0 aliphatic rings. The van der Waals surface area contributed by atoms with E-state index >= 15 is 0 Å². The van der Waals surface area contributed by atoms with Gasteiger partial charge in [0.1, 0.15) is 5.75 Å². The van der Waals surface area contributed by atoms with Crippen LogP contribution < -0.4 is 4.74 Å². The van der Waals surface area contributed by atoms with Crippen LogP contribution in [0, 0.1) is 0 Å². The van der Waals surface area contributed by atoms with E-state index in [1.54, 1.807) is 0 Å². The van der Waals surface area contributed by atoms with Crippen molar-refractivity contribution < 1.29 is 4.74 Å². The Bertz CT molecular complexity index is 809. The zero-order valence-electron chi connectivity index (χ0n) is 19.9. The fourth-order valence-electron chi connectivity index (χ4n) is 3.83. The number of rotatable bonds is 14. The Morgan fingerprint density at radius 1 is 0.594 bits per heavy atom. The van der Waals surface area contributed by atoms with Gasteiger partial charge in [-0.25, -0.2) is 0 Å². The highest BCUT2D eigenvalue weighted by atomic mass is 16.5. The summed E-state index contributed by atoms with van der Waals surface area (Å²) in [6.45, 7) is 5.27. The van der Waals surface area contributed by atoms with Gasteiger partial charge in [-0.3, -0.25) is 9.97 Å². The second-order valence-corrected chi connectivity index (χ2v) is 8.58. The maximum atomic E-state index is 5.84. The molecule has 3 heteroatoms. The molecule has 3 rings (SSSR count). The van der Waals surface area contributed by atoms with Gasteiger partial charge < -0.3 is 4.74 Å². The molecule has 2 aromatic heterocycles. The minimum Gasteiger partial charge on any atom is -0.494 e. The van der Waals surface area contributed by atoms with E-state index < -0.39 is 0 Å². The van der Waals surface area contributed by atoms with E-state index in [1.165, 1.54) is 56.9 Å². The van der Waals surface area contributed by atoms with Crippen LogP contribution in [-0.2, 0) is 6.42 Å². The molecule has 0 saturated heterocycles. The molecule has 0 unspecified atom stereocenters. The van der Waals surface area contributed by atoms with Gasteiger partial charge in [-0.1, -0.05) is 64.9 Å². The molecular formula is C29H38N2O. The molecule has 3 nitrogen and oxygen atoms in total. The molecule has 0 fully saturated rings. The van der Waals surface area contributed by atoms with Crippen LogP contribution in [0.4, 0.5) is 0 Å². The van der Waals surface area contributed by atoms with Crippen LogP contribution in [0.1, 0.15) is 77.2 Å². The standard InChI is InChI=1S/C29H38N2O/c1-3-5-7-9-10-12-24-13-19-29(30-22-24)26-16-20-28(31-23-26)25-14-17-27(18-15-25)32-21-11-8-6-4-2/h13-20,22-23H,3-12,21H2,1-2H3. The molecule has 0 amide bonds. The van der Waals surface area contributed by atoms with Crippen LogP contribution in [-0.4, -0.2) is 16.6 Å². The first-order valence-corrected chi connectivity index (χ1v) is 12.4. The number of benzene rings is 1. The molecule has 0 spiro atoms. The second kappa shape index (κ2) is 13.7. The second-order valence-electron chi connectivity index (χ2n) is 8.58. The Hall–Kier alpha value is -2.68. The highest BCUT2D eigenvalue weighted by molar-refractivity contribution is 5.65. The minimum atomic E-state index is 0.789. The van der Waals surface area contributed by atoms with E-state index in [1.807, 2.05) is 24.5 Å². The molecule has 0 aliphatic carbocycles. The summed E-state index contributed by atoms with van der Waals surface area (Å²) in [4.78, 5) is 9.34. The Kier molecular flexibility index (Phi) is 10.2. The van der Waals surface area contributed by atoms with Crippen LogP contribution in [0.3, 0.4) is 0 Å². The molecule has 2 heterocycles. The molecule has 3 aromatic rings. The highest BCUT2D eigenvalue weighted by Gasteiger charge is 2.04. The number of hydrogen-bond donors (Lipinski definition) is 0. The van der Waals surface area contributed by atoms with E-state index in [0.29, 0.717) is 0 Å². The lowest BCUT2D eigenvalue weighted by Crippen LogP contribution is -1.97. The van der Waals surface area contributed by atoms with Crippen molar-refractivity contribution in [2.75, 3.05) is 6.61 Å². The molecule has 32 heavy (non-hydrogen) atoms. The third kappa shape index (κ3) is 7.78. The van der Waals surface area contributed by atoms with Crippen molar-refractivity contribution >= 4 is 0 Å². The van der Waals surface area contributed by atoms with Crippen molar-refractivity contribution in [3.63, 3.8) is 0 Å². The Balaban J connectivity index is 1.51. The predicted molar refractivity (Wildman–Crippen MR) is 135 cm³/mol. The van der Waals surface area contributed by atoms with E-state index in [0.717, 1.165) is 47.7 Å². The molecule has 170 valence electrons. The molecule has 0 bridgehead atoms. The lowest BCUT2D eigenvalue weighted by Gasteiger charge is -2.08. The first kappa shape index (κ1) is 24.0. The number of aromatic nitrogens is 2. The van der Waals surface area contributed by atoms with Crippen molar-refractivity contribution in [1.29, 1.82) is 0 Å². The van der Waals surface area contributed by atoms with E-state index in [2.05, 4.69) is 60.2 Å². The van der Waals surface area contributed by atoms with E-state index in [-0.39, 0.29) is 0 Å². The smallest absolute Gasteiger partial charge is 0.119 e. The van der Waals surface area contributed by atoms with Gasteiger partial charge in [0, 0.05) is 23.5 Å². The van der Waals surface area contributed by atoms with Crippen molar-refractivity contribution in [2.24, 2.45) is 0 Å². The monoisotopic (exact) mass is 430 g/mol. The lowest BCUT2D eigenvalue weighted by molar-refractivity contribution is 0.305. The molecule has 1 aromatic carbocycles. The molecule has 0 aliphatic heterocycles. The summed E-state index contributed by atoms with van der Waals surface area (Å²) >= 11 is 0. The van der Waals surface area contributed by atoms with Crippen LogP contribution in [0.15, 0.2) is 60.9 Å². The predicted octanol–water partition coefficient (Wildman–Crippen LogP) is 8.28. The molecule has 0 radical (unpaired) electrons. The Labute approximate surface area is 194 Å². The number of hydrogen-bond acceptors (Lipinski definition) is 3. The van der Waals surface area contributed by atoms with Gasteiger partial charge in [0.15, 0.2) is 0 Å². The fraction of sp³-hybridized carbons (Fsp3) is 0.448. The Morgan fingerprint density at radius 3 is 1.88 bits per heavy atom. The number of pyridine rings is 2. The lowest BCUT2D eigenvalue weighted by atomic mass is 10.1. The SMILES string of the molecule is CCCCCCCc1ccc(-c2ccc(-c3ccc(OCCCCCC)cc3)nc2)nc1. The Morgan fingerprint density at radius 2 is 1.22 bits per heavy atom. The van der Waals surface area contributed by atoms with Crippen LogP contribution in [0.25, 0.3) is 22.5 Å². The van der Waals surface area contributed by atoms with Crippen molar-refractivity contribution in [3.05, 3.63) is 66.5 Å². The summed E-state index contributed by atoms with van der Waals surface area (Å²) in [5.74, 6) is 0.927. The largest absolute Gasteiger partial charge is 0.494 e.